The van der Waals surface area contributed by atoms with E-state index >= 15 is 0 Å². The highest BCUT2D eigenvalue weighted by atomic mass is 15.1. The highest BCUT2D eigenvalue weighted by molar-refractivity contribution is 5.77. The van der Waals surface area contributed by atoms with Crippen LogP contribution in [-0.2, 0) is 0 Å². The minimum Gasteiger partial charge on any atom is -0.370 e. The van der Waals surface area contributed by atoms with Gasteiger partial charge in [-0.25, -0.2) is 0 Å². The molecule has 2 aliphatic rings. The van der Waals surface area contributed by atoms with E-state index in [1.54, 1.807) is 0 Å². The SMILES string of the molecule is CC(C)CC1(CN=C(N)NCC2CCC2)CC1. The number of guanidine groups is 1. The standard InChI is InChI=1S/C14H27N3/c1-11(2)8-14(6-7-14)10-17-13(15)16-9-12-4-3-5-12/h11-12H,3-10H2,1-2H3,(H3,15,16,17). The van der Waals surface area contributed by atoms with Gasteiger partial charge in [-0.05, 0) is 49.4 Å². The van der Waals surface area contributed by atoms with Crippen LogP contribution in [-0.4, -0.2) is 19.0 Å². The van der Waals surface area contributed by atoms with Crippen molar-refractivity contribution in [1.82, 2.24) is 5.32 Å². The van der Waals surface area contributed by atoms with Gasteiger partial charge in [0.1, 0.15) is 0 Å². The van der Waals surface area contributed by atoms with Gasteiger partial charge in [0.2, 0.25) is 0 Å². The lowest BCUT2D eigenvalue weighted by Gasteiger charge is -2.25. The molecule has 0 unspecified atom stereocenters. The van der Waals surface area contributed by atoms with Gasteiger partial charge >= 0.3 is 0 Å². The van der Waals surface area contributed by atoms with E-state index in [-0.39, 0.29) is 0 Å². The summed E-state index contributed by atoms with van der Waals surface area (Å²) < 4.78 is 0. The maximum Gasteiger partial charge on any atom is 0.188 e. The lowest BCUT2D eigenvalue weighted by molar-refractivity contribution is 0.315. The summed E-state index contributed by atoms with van der Waals surface area (Å²) in [5.41, 5.74) is 6.40. The summed E-state index contributed by atoms with van der Waals surface area (Å²) in [6, 6.07) is 0. The first-order valence-electron chi connectivity index (χ1n) is 7.13. The van der Waals surface area contributed by atoms with Crippen LogP contribution < -0.4 is 11.1 Å². The number of hydrogen-bond acceptors (Lipinski definition) is 1. The van der Waals surface area contributed by atoms with Crippen molar-refractivity contribution >= 4 is 5.96 Å². The lowest BCUT2D eigenvalue weighted by atomic mass is 9.85. The topological polar surface area (TPSA) is 50.4 Å². The van der Waals surface area contributed by atoms with Crippen LogP contribution in [0, 0.1) is 17.3 Å². The van der Waals surface area contributed by atoms with Crippen molar-refractivity contribution in [2.24, 2.45) is 28.0 Å². The van der Waals surface area contributed by atoms with Gasteiger partial charge in [0.15, 0.2) is 5.96 Å². The van der Waals surface area contributed by atoms with E-state index < -0.39 is 0 Å². The fourth-order valence-corrected chi connectivity index (χ4v) is 2.72. The Morgan fingerprint density at radius 2 is 2.12 bits per heavy atom. The number of aliphatic imine (C=N–C) groups is 1. The maximum absolute atomic E-state index is 5.91. The number of nitrogens with zero attached hydrogens (tertiary/aromatic N) is 1. The number of hydrogen-bond donors (Lipinski definition) is 2. The average molecular weight is 237 g/mol. The Morgan fingerprint density at radius 3 is 2.59 bits per heavy atom. The monoisotopic (exact) mass is 237 g/mol. The average Bonchev–Trinajstić information content (AvgIpc) is 2.92. The van der Waals surface area contributed by atoms with E-state index in [0.717, 1.165) is 24.9 Å². The van der Waals surface area contributed by atoms with Crippen LogP contribution in [0.5, 0.6) is 0 Å². The predicted octanol–water partition coefficient (Wildman–Crippen LogP) is 2.52. The van der Waals surface area contributed by atoms with Crippen LogP contribution in [0.15, 0.2) is 4.99 Å². The van der Waals surface area contributed by atoms with Gasteiger partial charge in [-0.1, -0.05) is 20.3 Å². The molecule has 0 atom stereocenters. The second kappa shape index (κ2) is 5.28. The molecule has 98 valence electrons. The number of nitrogens with two attached hydrogens (primary N) is 1. The lowest BCUT2D eigenvalue weighted by Crippen LogP contribution is -2.37. The zero-order valence-electron chi connectivity index (χ0n) is 11.3. The number of rotatable bonds is 6. The van der Waals surface area contributed by atoms with Crippen molar-refractivity contribution in [2.75, 3.05) is 13.1 Å². The van der Waals surface area contributed by atoms with Crippen molar-refractivity contribution in [3.63, 3.8) is 0 Å². The fourth-order valence-electron chi connectivity index (χ4n) is 2.72. The van der Waals surface area contributed by atoms with E-state index in [1.165, 1.54) is 38.5 Å². The van der Waals surface area contributed by atoms with Gasteiger partial charge in [0.05, 0.1) is 0 Å². The molecule has 0 aromatic heterocycles. The summed E-state index contributed by atoms with van der Waals surface area (Å²) >= 11 is 0. The molecule has 0 radical (unpaired) electrons. The second-order valence-corrected chi connectivity index (χ2v) is 6.48. The predicted molar refractivity (Wildman–Crippen MR) is 73.0 cm³/mol. The smallest absolute Gasteiger partial charge is 0.188 e. The quantitative estimate of drug-likeness (QED) is 0.551. The Hall–Kier alpha value is -0.730. The Morgan fingerprint density at radius 1 is 1.41 bits per heavy atom. The van der Waals surface area contributed by atoms with E-state index in [4.69, 9.17) is 5.73 Å². The second-order valence-electron chi connectivity index (χ2n) is 6.48. The molecule has 0 aromatic rings. The van der Waals surface area contributed by atoms with E-state index in [2.05, 4.69) is 24.2 Å². The molecule has 0 bridgehead atoms. The first-order valence-corrected chi connectivity index (χ1v) is 7.13. The maximum atomic E-state index is 5.91. The molecule has 2 rings (SSSR count). The van der Waals surface area contributed by atoms with Crippen LogP contribution in [0.3, 0.4) is 0 Å². The van der Waals surface area contributed by atoms with Crippen LogP contribution in [0.2, 0.25) is 0 Å². The third-order valence-corrected chi connectivity index (χ3v) is 4.18. The number of nitrogens with one attached hydrogen (secondary N) is 1. The Balaban J connectivity index is 1.67. The first-order chi connectivity index (χ1) is 8.10. The molecule has 3 heteroatoms. The van der Waals surface area contributed by atoms with Crippen LogP contribution in [0.1, 0.15) is 52.4 Å². The molecule has 2 aliphatic carbocycles. The van der Waals surface area contributed by atoms with E-state index in [0.29, 0.717) is 11.4 Å². The van der Waals surface area contributed by atoms with Crippen molar-refractivity contribution in [2.45, 2.75) is 52.4 Å². The molecule has 0 aliphatic heterocycles. The molecule has 0 amide bonds. The molecule has 17 heavy (non-hydrogen) atoms. The highest BCUT2D eigenvalue weighted by Crippen LogP contribution is 2.50. The molecule has 2 fully saturated rings. The molecular formula is C14H27N3. The summed E-state index contributed by atoms with van der Waals surface area (Å²) in [5, 5.41) is 3.27. The molecule has 3 nitrogen and oxygen atoms in total. The highest BCUT2D eigenvalue weighted by Gasteiger charge is 2.42. The minimum atomic E-state index is 0.497. The van der Waals surface area contributed by atoms with Gasteiger partial charge in [-0.2, -0.15) is 0 Å². The minimum absolute atomic E-state index is 0.497. The largest absolute Gasteiger partial charge is 0.370 e. The molecule has 3 N–H and O–H groups in total. The molecule has 2 saturated carbocycles. The van der Waals surface area contributed by atoms with Gasteiger partial charge in [-0.15, -0.1) is 0 Å². The molecule has 0 aromatic carbocycles. The van der Waals surface area contributed by atoms with Crippen LogP contribution in [0.4, 0.5) is 0 Å². The van der Waals surface area contributed by atoms with Crippen LogP contribution >= 0.6 is 0 Å². The summed E-state index contributed by atoms with van der Waals surface area (Å²) in [6.45, 7) is 6.53. The Labute approximate surface area is 105 Å². The normalized spacial score (nSPS) is 23.6. The van der Waals surface area contributed by atoms with Gasteiger partial charge < -0.3 is 11.1 Å². The summed E-state index contributed by atoms with van der Waals surface area (Å²) in [4.78, 5) is 4.53. The summed E-state index contributed by atoms with van der Waals surface area (Å²) in [6.07, 6.45) is 8.08. The van der Waals surface area contributed by atoms with Crippen LogP contribution in [0.25, 0.3) is 0 Å². The summed E-state index contributed by atoms with van der Waals surface area (Å²) in [5.74, 6) is 2.28. The zero-order chi connectivity index (χ0) is 12.3. The molecule has 0 saturated heterocycles. The van der Waals surface area contributed by atoms with Crippen molar-refractivity contribution in [1.29, 1.82) is 0 Å². The van der Waals surface area contributed by atoms with Gasteiger partial charge in [-0.3, -0.25) is 4.99 Å². The van der Waals surface area contributed by atoms with Crippen molar-refractivity contribution in [3.05, 3.63) is 0 Å². The van der Waals surface area contributed by atoms with E-state index in [1.807, 2.05) is 0 Å². The van der Waals surface area contributed by atoms with Gasteiger partial charge in [0.25, 0.3) is 0 Å². The van der Waals surface area contributed by atoms with E-state index in [9.17, 15) is 0 Å². The molecule has 0 spiro atoms. The van der Waals surface area contributed by atoms with Gasteiger partial charge in [0, 0.05) is 13.1 Å². The first kappa shape index (κ1) is 12.7. The third kappa shape index (κ3) is 3.90. The zero-order valence-corrected chi connectivity index (χ0v) is 11.3. The van der Waals surface area contributed by atoms with Crippen molar-refractivity contribution in [3.8, 4) is 0 Å². The Bertz CT molecular complexity index is 275. The van der Waals surface area contributed by atoms with Crippen molar-refractivity contribution < 1.29 is 0 Å². The molecule has 0 heterocycles. The fraction of sp³-hybridized carbons (Fsp3) is 0.929. The molecular weight excluding hydrogens is 210 g/mol. The Kier molecular flexibility index (Phi) is 3.95. The summed E-state index contributed by atoms with van der Waals surface area (Å²) in [7, 11) is 0. The third-order valence-electron chi connectivity index (χ3n) is 4.18.